The van der Waals surface area contributed by atoms with Crippen molar-refractivity contribution >= 4 is 23.5 Å². The minimum Gasteiger partial charge on any atom is -0.368 e. The Morgan fingerprint density at radius 1 is 1.28 bits per heavy atom. The molecule has 1 aromatic carbocycles. The maximum atomic E-state index is 13.0. The summed E-state index contributed by atoms with van der Waals surface area (Å²) in [6.45, 7) is 8.20. The molecule has 1 amide bonds. The van der Waals surface area contributed by atoms with Crippen molar-refractivity contribution in [3.05, 3.63) is 57.8 Å². The molecule has 0 saturated carbocycles. The van der Waals surface area contributed by atoms with Crippen molar-refractivity contribution in [1.29, 1.82) is 5.26 Å². The maximum absolute atomic E-state index is 13.0. The number of benzene rings is 1. The lowest BCUT2D eigenvalue weighted by molar-refractivity contribution is -0.119. The van der Waals surface area contributed by atoms with Crippen LogP contribution >= 0.6 is 11.8 Å². The van der Waals surface area contributed by atoms with Gasteiger partial charge in [-0.1, -0.05) is 69.8 Å². The van der Waals surface area contributed by atoms with E-state index in [-0.39, 0.29) is 23.0 Å². The Balaban J connectivity index is 2.06. The number of dihydropyridines is 1. The number of nitrogens with zero attached hydrogens (tertiary/aromatic N) is 1. The number of thioether (sulfide) groups is 1. The van der Waals surface area contributed by atoms with Crippen LogP contribution in [0.25, 0.3) is 0 Å². The maximum Gasteiger partial charge on any atom is 0.235 e. The van der Waals surface area contributed by atoms with E-state index in [9.17, 15) is 14.9 Å². The van der Waals surface area contributed by atoms with E-state index >= 15 is 0 Å². The van der Waals surface area contributed by atoms with E-state index in [2.05, 4.69) is 25.2 Å². The Hall–Kier alpha value is -2.52. The number of carbonyl (C=O) groups is 2. The van der Waals surface area contributed by atoms with Crippen molar-refractivity contribution in [2.75, 3.05) is 0 Å². The van der Waals surface area contributed by atoms with Gasteiger partial charge in [-0.25, -0.2) is 0 Å². The summed E-state index contributed by atoms with van der Waals surface area (Å²) in [5, 5.41) is 13.3. The highest BCUT2D eigenvalue weighted by atomic mass is 32.2. The number of Topliss-reactive ketones (excluding diaryl/α,β-unsaturated/α-hetero) is 1. The van der Waals surface area contributed by atoms with Crippen LogP contribution in [-0.2, 0) is 9.59 Å². The van der Waals surface area contributed by atoms with Gasteiger partial charge in [-0.05, 0) is 23.3 Å². The summed E-state index contributed by atoms with van der Waals surface area (Å²) in [4.78, 5) is 25.2. The van der Waals surface area contributed by atoms with Crippen LogP contribution in [0, 0.1) is 28.6 Å². The first kappa shape index (κ1) is 21.2. The van der Waals surface area contributed by atoms with E-state index in [1.807, 2.05) is 44.2 Å². The molecule has 3 N–H and O–H groups in total. The molecule has 29 heavy (non-hydrogen) atoms. The molecule has 0 saturated heterocycles. The second-order valence-corrected chi connectivity index (χ2v) is 9.96. The molecule has 1 heterocycles. The Morgan fingerprint density at radius 2 is 1.93 bits per heavy atom. The Bertz CT molecular complexity index is 939. The number of hydrogen-bond acceptors (Lipinski definition) is 5. The summed E-state index contributed by atoms with van der Waals surface area (Å²) in [7, 11) is 0. The van der Waals surface area contributed by atoms with Gasteiger partial charge in [-0.15, -0.1) is 0 Å². The normalized spacial score (nSPS) is 22.1. The van der Waals surface area contributed by atoms with Gasteiger partial charge in [0.05, 0.1) is 16.7 Å². The van der Waals surface area contributed by atoms with Crippen molar-refractivity contribution in [1.82, 2.24) is 5.32 Å². The number of nitrogens with two attached hydrogens (primary N) is 1. The highest BCUT2D eigenvalue weighted by Gasteiger charge is 2.42. The van der Waals surface area contributed by atoms with Gasteiger partial charge in [-0.2, -0.15) is 5.26 Å². The second-order valence-electron chi connectivity index (χ2n) is 8.85. The number of carbonyl (C=O) groups excluding carboxylic acids is 2. The highest BCUT2D eigenvalue weighted by molar-refractivity contribution is 8.03. The van der Waals surface area contributed by atoms with Crippen molar-refractivity contribution in [3.8, 4) is 6.07 Å². The van der Waals surface area contributed by atoms with Gasteiger partial charge in [-0.3, -0.25) is 9.59 Å². The van der Waals surface area contributed by atoms with Crippen LogP contribution in [0.4, 0.5) is 0 Å². The molecule has 152 valence electrons. The highest BCUT2D eigenvalue weighted by Crippen LogP contribution is 2.48. The van der Waals surface area contributed by atoms with Crippen LogP contribution < -0.4 is 11.1 Å². The molecule has 2 unspecified atom stereocenters. The van der Waals surface area contributed by atoms with E-state index in [0.717, 1.165) is 23.3 Å². The van der Waals surface area contributed by atoms with Gasteiger partial charge >= 0.3 is 0 Å². The van der Waals surface area contributed by atoms with E-state index in [0.29, 0.717) is 17.0 Å². The third-order valence-corrected chi connectivity index (χ3v) is 6.73. The lowest BCUT2D eigenvalue weighted by Crippen LogP contribution is -2.39. The van der Waals surface area contributed by atoms with Crippen LogP contribution in [0.1, 0.15) is 51.3 Å². The minimum atomic E-state index is -0.621. The molecule has 0 bridgehead atoms. The third kappa shape index (κ3) is 4.25. The molecule has 0 fully saturated rings. The van der Waals surface area contributed by atoms with Crippen LogP contribution in [0.15, 0.2) is 52.2 Å². The van der Waals surface area contributed by atoms with Crippen molar-refractivity contribution < 1.29 is 9.59 Å². The van der Waals surface area contributed by atoms with E-state index in [1.54, 1.807) is 0 Å². The predicted molar refractivity (Wildman–Crippen MR) is 115 cm³/mol. The topological polar surface area (TPSA) is 96.0 Å². The van der Waals surface area contributed by atoms with Crippen LogP contribution in [0.2, 0.25) is 0 Å². The fraction of sp³-hybridized carbons (Fsp3) is 0.435. The van der Waals surface area contributed by atoms with Crippen LogP contribution in [-0.4, -0.2) is 11.7 Å². The number of nitrogens with one attached hydrogen (secondary N) is 1. The van der Waals surface area contributed by atoms with Crippen molar-refractivity contribution in [2.24, 2.45) is 23.0 Å². The minimum absolute atomic E-state index is 0.0845. The van der Waals surface area contributed by atoms with Gasteiger partial charge in [0, 0.05) is 23.6 Å². The SMILES string of the molecule is CC(C)C1C(C#N)=C(SC(C(N)=O)c2ccccc2)NC2=C1C(=O)CC(C)(C)C2. The molecule has 0 aromatic heterocycles. The van der Waals surface area contributed by atoms with Gasteiger partial charge in [0.15, 0.2) is 5.78 Å². The Kier molecular flexibility index (Phi) is 5.90. The summed E-state index contributed by atoms with van der Waals surface area (Å²) in [5.74, 6) is -0.546. The number of nitriles is 1. The van der Waals surface area contributed by atoms with Gasteiger partial charge in [0.25, 0.3) is 0 Å². The van der Waals surface area contributed by atoms with Gasteiger partial charge < -0.3 is 11.1 Å². The Labute approximate surface area is 176 Å². The zero-order valence-electron chi connectivity index (χ0n) is 17.3. The molecule has 2 atom stereocenters. The van der Waals surface area contributed by atoms with Crippen molar-refractivity contribution in [2.45, 2.75) is 45.8 Å². The molecule has 1 aliphatic heterocycles. The summed E-state index contributed by atoms with van der Waals surface area (Å²) in [6, 6.07) is 11.6. The molecule has 1 aromatic rings. The monoisotopic (exact) mass is 409 g/mol. The van der Waals surface area contributed by atoms with E-state index < -0.39 is 11.2 Å². The summed E-state index contributed by atoms with van der Waals surface area (Å²) in [5.41, 5.74) is 8.47. The zero-order chi connectivity index (χ0) is 21.3. The van der Waals surface area contributed by atoms with Crippen molar-refractivity contribution in [3.63, 3.8) is 0 Å². The van der Waals surface area contributed by atoms with Gasteiger partial charge in [0.2, 0.25) is 5.91 Å². The van der Waals surface area contributed by atoms with Gasteiger partial charge in [0.1, 0.15) is 5.25 Å². The number of primary amides is 1. The lowest BCUT2D eigenvalue weighted by atomic mass is 9.68. The second kappa shape index (κ2) is 8.08. The largest absolute Gasteiger partial charge is 0.368 e. The van der Waals surface area contributed by atoms with Crippen LogP contribution in [0.3, 0.4) is 0 Å². The first-order valence-electron chi connectivity index (χ1n) is 9.83. The molecule has 0 spiro atoms. The molecule has 0 radical (unpaired) electrons. The Morgan fingerprint density at radius 3 is 2.48 bits per heavy atom. The first-order valence-corrected chi connectivity index (χ1v) is 10.7. The zero-order valence-corrected chi connectivity index (χ0v) is 18.1. The quantitative estimate of drug-likeness (QED) is 0.760. The molecule has 3 rings (SSSR count). The molecule has 5 nitrogen and oxygen atoms in total. The average molecular weight is 410 g/mol. The standard InChI is InChI=1S/C23H27N3O2S/c1-13(2)18-15(12-24)22(26-16-10-23(3,4)11-17(27)19(16)18)29-20(21(25)28)14-8-6-5-7-9-14/h5-9,13,18,20,26H,10-11H2,1-4H3,(H2,25,28). The molecular formula is C23H27N3O2S. The third-order valence-electron chi connectivity index (χ3n) is 5.43. The number of allylic oxidation sites excluding steroid dienone is 3. The fourth-order valence-electron chi connectivity index (χ4n) is 4.21. The molecular weight excluding hydrogens is 382 g/mol. The van der Waals surface area contributed by atoms with E-state index in [4.69, 9.17) is 5.73 Å². The summed E-state index contributed by atoms with van der Waals surface area (Å²) in [6.07, 6.45) is 1.21. The number of amides is 1. The number of ketones is 1. The summed E-state index contributed by atoms with van der Waals surface area (Å²) < 4.78 is 0. The lowest BCUT2D eigenvalue weighted by Gasteiger charge is -2.40. The molecule has 1 aliphatic carbocycles. The number of rotatable bonds is 5. The smallest absolute Gasteiger partial charge is 0.235 e. The average Bonchev–Trinajstić information content (AvgIpc) is 2.64. The summed E-state index contributed by atoms with van der Waals surface area (Å²) >= 11 is 1.26. The molecule has 2 aliphatic rings. The molecule has 6 heteroatoms. The van der Waals surface area contributed by atoms with Crippen LogP contribution in [0.5, 0.6) is 0 Å². The fourth-order valence-corrected chi connectivity index (χ4v) is 5.34. The first-order chi connectivity index (χ1) is 13.6. The predicted octanol–water partition coefficient (Wildman–Crippen LogP) is 4.20. The van der Waals surface area contributed by atoms with E-state index in [1.165, 1.54) is 11.8 Å². The number of hydrogen-bond donors (Lipinski definition) is 2.